The Kier molecular flexibility index (Phi) is 3.96. The van der Waals surface area contributed by atoms with E-state index in [0.29, 0.717) is 5.92 Å². The highest BCUT2D eigenvalue weighted by atomic mass is 16.5. The van der Waals surface area contributed by atoms with Crippen LogP contribution in [0.3, 0.4) is 0 Å². The van der Waals surface area contributed by atoms with Crippen LogP contribution in [0, 0.1) is 6.92 Å². The first-order chi connectivity index (χ1) is 12.2. The standard InChI is InChI=1S/C21H22N2O2/c1-15-13-17(25-2)6-7-18(15)16-8-11-23(14-16)21(24)19-9-12-22-10-4-3-5-20(19)22/h3-7,9-10,12-13,16H,8,11,14H2,1-2H3. The number of aromatic nitrogens is 1. The van der Waals surface area contributed by atoms with E-state index in [1.165, 1.54) is 11.1 Å². The van der Waals surface area contributed by atoms with E-state index in [9.17, 15) is 4.79 Å². The topological polar surface area (TPSA) is 34.0 Å². The van der Waals surface area contributed by atoms with Gasteiger partial charge in [0.15, 0.2) is 0 Å². The molecule has 0 radical (unpaired) electrons. The van der Waals surface area contributed by atoms with Crippen molar-refractivity contribution in [2.24, 2.45) is 0 Å². The Morgan fingerprint density at radius 3 is 2.84 bits per heavy atom. The summed E-state index contributed by atoms with van der Waals surface area (Å²) in [5.41, 5.74) is 4.30. The van der Waals surface area contributed by atoms with Crippen LogP contribution >= 0.6 is 0 Å². The van der Waals surface area contributed by atoms with Crippen molar-refractivity contribution in [3.05, 3.63) is 71.5 Å². The summed E-state index contributed by atoms with van der Waals surface area (Å²) in [5, 5.41) is 0. The molecule has 1 saturated heterocycles. The smallest absolute Gasteiger partial charge is 0.256 e. The molecule has 1 aromatic carbocycles. The predicted octanol–water partition coefficient (Wildman–Crippen LogP) is 3.89. The van der Waals surface area contributed by atoms with Crippen molar-refractivity contribution in [3.8, 4) is 5.75 Å². The van der Waals surface area contributed by atoms with Gasteiger partial charge in [-0.1, -0.05) is 12.1 Å². The number of hydrogen-bond acceptors (Lipinski definition) is 2. The quantitative estimate of drug-likeness (QED) is 0.728. The van der Waals surface area contributed by atoms with Crippen LogP contribution in [-0.2, 0) is 0 Å². The van der Waals surface area contributed by atoms with Gasteiger partial charge < -0.3 is 14.0 Å². The summed E-state index contributed by atoms with van der Waals surface area (Å²) in [6.45, 7) is 3.69. The minimum Gasteiger partial charge on any atom is -0.497 e. The molecule has 4 nitrogen and oxygen atoms in total. The summed E-state index contributed by atoms with van der Waals surface area (Å²) >= 11 is 0. The number of hydrogen-bond donors (Lipinski definition) is 0. The van der Waals surface area contributed by atoms with Gasteiger partial charge in [-0.25, -0.2) is 0 Å². The van der Waals surface area contributed by atoms with Gasteiger partial charge in [-0.3, -0.25) is 4.79 Å². The second-order valence-electron chi connectivity index (χ2n) is 6.68. The molecule has 4 heteroatoms. The zero-order valence-corrected chi connectivity index (χ0v) is 14.6. The highest BCUT2D eigenvalue weighted by molar-refractivity contribution is 6.01. The number of nitrogens with zero attached hydrogens (tertiary/aromatic N) is 2. The van der Waals surface area contributed by atoms with Gasteiger partial charge in [0.25, 0.3) is 5.91 Å². The lowest BCUT2D eigenvalue weighted by atomic mass is 9.94. The van der Waals surface area contributed by atoms with Crippen molar-refractivity contribution in [2.75, 3.05) is 20.2 Å². The number of benzene rings is 1. The zero-order valence-electron chi connectivity index (χ0n) is 14.6. The fourth-order valence-corrected chi connectivity index (χ4v) is 3.84. The maximum Gasteiger partial charge on any atom is 0.256 e. The van der Waals surface area contributed by atoms with Crippen molar-refractivity contribution in [1.29, 1.82) is 0 Å². The maximum absolute atomic E-state index is 13.0. The number of carbonyl (C=O) groups excluding carboxylic acids is 1. The predicted molar refractivity (Wildman–Crippen MR) is 98.4 cm³/mol. The third kappa shape index (κ3) is 2.78. The molecule has 4 rings (SSSR count). The lowest BCUT2D eigenvalue weighted by molar-refractivity contribution is 0.0793. The number of aryl methyl sites for hydroxylation is 1. The summed E-state index contributed by atoms with van der Waals surface area (Å²) in [7, 11) is 1.69. The average Bonchev–Trinajstić information content (AvgIpc) is 3.28. The fraction of sp³-hybridized carbons (Fsp3) is 0.286. The number of methoxy groups -OCH3 is 1. The number of carbonyl (C=O) groups is 1. The van der Waals surface area contributed by atoms with Crippen LogP contribution in [0.1, 0.15) is 33.8 Å². The number of fused-ring (bicyclic) bond motifs is 1. The monoisotopic (exact) mass is 334 g/mol. The minimum absolute atomic E-state index is 0.127. The van der Waals surface area contributed by atoms with Crippen LogP contribution in [-0.4, -0.2) is 35.4 Å². The van der Waals surface area contributed by atoms with Gasteiger partial charge in [0.1, 0.15) is 5.75 Å². The summed E-state index contributed by atoms with van der Waals surface area (Å²) in [4.78, 5) is 15.0. The molecule has 0 saturated carbocycles. The van der Waals surface area contributed by atoms with Crippen molar-refractivity contribution < 1.29 is 9.53 Å². The fourth-order valence-electron chi connectivity index (χ4n) is 3.84. The van der Waals surface area contributed by atoms with E-state index in [1.54, 1.807) is 7.11 Å². The zero-order chi connectivity index (χ0) is 17.4. The molecule has 25 heavy (non-hydrogen) atoms. The van der Waals surface area contributed by atoms with E-state index < -0.39 is 0 Å². The molecule has 0 N–H and O–H groups in total. The minimum atomic E-state index is 0.127. The molecule has 1 unspecified atom stereocenters. The van der Waals surface area contributed by atoms with Crippen LogP contribution < -0.4 is 4.74 Å². The Labute approximate surface area is 147 Å². The molecule has 3 aromatic rings. The number of ether oxygens (including phenoxy) is 1. The molecule has 0 spiro atoms. The number of pyridine rings is 1. The average molecular weight is 334 g/mol. The van der Waals surface area contributed by atoms with E-state index >= 15 is 0 Å². The highest BCUT2D eigenvalue weighted by Gasteiger charge is 2.29. The Morgan fingerprint density at radius 2 is 2.04 bits per heavy atom. The molecular weight excluding hydrogens is 312 g/mol. The molecule has 1 fully saturated rings. The molecule has 1 amide bonds. The molecule has 2 aromatic heterocycles. The summed E-state index contributed by atoms with van der Waals surface area (Å²) < 4.78 is 7.29. The van der Waals surface area contributed by atoms with Crippen LogP contribution in [0.2, 0.25) is 0 Å². The van der Waals surface area contributed by atoms with Gasteiger partial charge in [0.2, 0.25) is 0 Å². The van der Waals surface area contributed by atoms with Crippen molar-refractivity contribution >= 4 is 11.4 Å². The third-order valence-corrected chi connectivity index (χ3v) is 5.19. The summed E-state index contributed by atoms with van der Waals surface area (Å²) in [6.07, 6.45) is 4.92. The number of rotatable bonds is 3. The molecule has 128 valence electrons. The van der Waals surface area contributed by atoms with E-state index in [4.69, 9.17) is 4.74 Å². The highest BCUT2D eigenvalue weighted by Crippen LogP contribution is 2.32. The van der Waals surface area contributed by atoms with E-state index in [1.807, 2.05) is 52.0 Å². The van der Waals surface area contributed by atoms with Crippen molar-refractivity contribution in [3.63, 3.8) is 0 Å². The summed E-state index contributed by atoms with van der Waals surface area (Å²) in [5.74, 6) is 1.40. The van der Waals surface area contributed by atoms with Crippen LogP contribution in [0.25, 0.3) is 5.52 Å². The van der Waals surface area contributed by atoms with Crippen LogP contribution in [0.15, 0.2) is 54.9 Å². The van der Waals surface area contributed by atoms with Crippen molar-refractivity contribution in [1.82, 2.24) is 9.30 Å². The van der Waals surface area contributed by atoms with Gasteiger partial charge in [-0.2, -0.15) is 0 Å². The number of amides is 1. The molecule has 1 aliphatic rings. The maximum atomic E-state index is 13.0. The lowest BCUT2D eigenvalue weighted by Crippen LogP contribution is -2.28. The van der Waals surface area contributed by atoms with Crippen molar-refractivity contribution in [2.45, 2.75) is 19.3 Å². The Balaban J connectivity index is 1.55. The SMILES string of the molecule is COc1ccc(C2CCN(C(=O)c3ccn4ccccc34)C2)c(C)c1. The second kappa shape index (κ2) is 6.28. The molecule has 1 atom stereocenters. The summed E-state index contributed by atoms with van der Waals surface area (Å²) in [6, 6.07) is 14.1. The van der Waals surface area contributed by atoms with E-state index in [0.717, 1.165) is 36.3 Å². The van der Waals surface area contributed by atoms with Crippen LogP contribution in [0.5, 0.6) is 5.75 Å². The first-order valence-electron chi connectivity index (χ1n) is 8.67. The van der Waals surface area contributed by atoms with Gasteiger partial charge in [0.05, 0.1) is 18.2 Å². The largest absolute Gasteiger partial charge is 0.497 e. The van der Waals surface area contributed by atoms with Gasteiger partial charge >= 0.3 is 0 Å². The first-order valence-corrected chi connectivity index (χ1v) is 8.67. The Bertz CT molecular complexity index is 929. The van der Waals surface area contributed by atoms with Gasteiger partial charge in [-0.15, -0.1) is 0 Å². The molecule has 0 bridgehead atoms. The molecule has 3 heterocycles. The van der Waals surface area contributed by atoms with Gasteiger partial charge in [-0.05, 0) is 54.8 Å². The first kappa shape index (κ1) is 15.8. The van der Waals surface area contributed by atoms with Crippen LogP contribution in [0.4, 0.5) is 0 Å². The molecule has 0 aliphatic carbocycles. The Morgan fingerprint density at radius 1 is 1.16 bits per heavy atom. The Hall–Kier alpha value is -2.75. The normalized spacial score (nSPS) is 17.2. The molecule has 1 aliphatic heterocycles. The second-order valence-corrected chi connectivity index (χ2v) is 6.68. The lowest BCUT2D eigenvalue weighted by Gasteiger charge is -2.18. The van der Waals surface area contributed by atoms with E-state index in [2.05, 4.69) is 19.1 Å². The molecular formula is C21H22N2O2. The third-order valence-electron chi connectivity index (χ3n) is 5.19. The van der Waals surface area contributed by atoms with Gasteiger partial charge in [0, 0.05) is 31.4 Å². The number of likely N-dealkylation sites (tertiary alicyclic amines) is 1. The van der Waals surface area contributed by atoms with E-state index in [-0.39, 0.29) is 5.91 Å².